The first-order chi connectivity index (χ1) is 15.4. The number of allylic oxidation sites excluding steroid dienone is 1. The number of Topliss-reactive ketones (excluding diaryl/α,β-unsaturated/α-hetero) is 1. The second-order valence-electron chi connectivity index (χ2n) is 7.37. The molecule has 2 fully saturated rings. The van der Waals surface area contributed by atoms with E-state index in [2.05, 4.69) is 16.9 Å². The molecule has 0 aromatic heterocycles. The first-order valence-electron chi connectivity index (χ1n) is 10.4. The summed E-state index contributed by atoms with van der Waals surface area (Å²) >= 11 is 0. The Balaban J connectivity index is 1.74. The van der Waals surface area contributed by atoms with Crippen LogP contribution in [0.3, 0.4) is 0 Å². The van der Waals surface area contributed by atoms with Crippen LogP contribution < -0.4 is 5.32 Å². The van der Waals surface area contributed by atoms with E-state index in [1.54, 1.807) is 50.3 Å². The van der Waals surface area contributed by atoms with Gasteiger partial charge in [0, 0.05) is 11.8 Å². The number of benzene rings is 1. The van der Waals surface area contributed by atoms with Gasteiger partial charge < -0.3 is 10.2 Å². The van der Waals surface area contributed by atoms with Crippen molar-refractivity contribution in [2.75, 3.05) is 13.2 Å². The Bertz CT molecular complexity index is 972. The van der Waals surface area contributed by atoms with Crippen LogP contribution in [0.1, 0.15) is 30.6 Å². The number of amides is 3. The first-order valence-corrected chi connectivity index (χ1v) is 10.4. The summed E-state index contributed by atoms with van der Waals surface area (Å²) < 4.78 is 0. The van der Waals surface area contributed by atoms with E-state index in [9.17, 15) is 19.2 Å². The molecule has 2 heterocycles. The Morgan fingerprint density at radius 1 is 1.31 bits per heavy atom. The summed E-state index contributed by atoms with van der Waals surface area (Å²) in [5.74, 6) is -1.69. The molecular weight excluding hydrogens is 412 g/mol. The zero-order chi connectivity index (χ0) is 23.3. The van der Waals surface area contributed by atoms with Gasteiger partial charge in [0.15, 0.2) is 5.78 Å². The molecule has 168 valence electrons. The van der Waals surface area contributed by atoms with Crippen LogP contribution in [0.2, 0.25) is 0 Å². The fraction of sp³-hybridized carbons (Fsp3) is 0.348. The van der Waals surface area contributed by atoms with Crippen molar-refractivity contribution < 1.29 is 24.0 Å². The highest BCUT2D eigenvalue weighted by atomic mass is 16.7. The summed E-state index contributed by atoms with van der Waals surface area (Å²) in [4.78, 5) is 62.1. The third-order valence-corrected chi connectivity index (χ3v) is 5.36. The number of hydrogen-bond acceptors (Lipinski definition) is 6. The Labute approximate surface area is 186 Å². The van der Waals surface area contributed by atoms with E-state index >= 15 is 0 Å². The normalized spacial score (nSPS) is 21.6. The van der Waals surface area contributed by atoms with Crippen LogP contribution in [0.15, 0.2) is 60.3 Å². The molecule has 9 heteroatoms. The lowest BCUT2D eigenvalue weighted by Gasteiger charge is -2.25. The number of carbonyl (C=O) groups excluding carboxylic acids is 4. The third kappa shape index (κ3) is 4.52. The number of likely N-dealkylation sites (tertiary alicyclic amines) is 1. The molecule has 3 amide bonds. The smallest absolute Gasteiger partial charge is 0.273 e. The standard InChI is InChI=1S/C23H26N4O5/c1-4-12-24-16(5-2)22(30)26-13-19(28)20-18(26)14-32-27(20)23(31)17(6-3)25-21(29)15-10-8-7-9-11-15/h4-5,7-12,17-18,20H,2,6,13-14H2,1,3H3,(H,25,29)/b12-4-,24-16?/t17-,18+,20?/m0/s1. The van der Waals surface area contributed by atoms with Gasteiger partial charge in [0.1, 0.15) is 17.8 Å². The van der Waals surface area contributed by atoms with Crippen molar-refractivity contribution in [1.29, 1.82) is 0 Å². The van der Waals surface area contributed by atoms with Crippen molar-refractivity contribution in [3.8, 4) is 0 Å². The molecule has 2 aliphatic heterocycles. The van der Waals surface area contributed by atoms with Gasteiger partial charge in [-0.15, -0.1) is 0 Å². The molecule has 1 aromatic carbocycles. The maximum absolute atomic E-state index is 13.1. The number of hydroxylamine groups is 2. The minimum absolute atomic E-state index is 0.00894. The quantitative estimate of drug-likeness (QED) is 0.645. The van der Waals surface area contributed by atoms with E-state index in [4.69, 9.17) is 4.84 Å². The fourth-order valence-electron chi connectivity index (χ4n) is 3.71. The maximum Gasteiger partial charge on any atom is 0.273 e. The van der Waals surface area contributed by atoms with Gasteiger partial charge in [-0.3, -0.25) is 29.0 Å². The molecule has 9 nitrogen and oxygen atoms in total. The minimum atomic E-state index is -0.929. The lowest BCUT2D eigenvalue weighted by atomic mass is 10.1. The van der Waals surface area contributed by atoms with Crippen molar-refractivity contribution in [2.45, 2.75) is 38.4 Å². The molecule has 0 bridgehead atoms. The predicted molar refractivity (Wildman–Crippen MR) is 118 cm³/mol. The van der Waals surface area contributed by atoms with Crippen molar-refractivity contribution in [1.82, 2.24) is 15.3 Å². The molecule has 1 unspecified atom stereocenters. The number of aliphatic imine (C=N–C) groups is 1. The molecule has 0 aliphatic carbocycles. The highest BCUT2D eigenvalue weighted by molar-refractivity contribution is 6.43. The number of nitrogens with zero attached hydrogens (tertiary/aromatic N) is 3. The molecule has 1 N–H and O–H groups in total. The highest BCUT2D eigenvalue weighted by Gasteiger charge is 2.54. The van der Waals surface area contributed by atoms with Crippen LogP contribution in [0, 0.1) is 0 Å². The van der Waals surface area contributed by atoms with Crippen LogP contribution in [0.5, 0.6) is 0 Å². The van der Waals surface area contributed by atoms with Gasteiger partial charge in [-0.05, 0) is 31.6 Å². The SMILES string of the molecule is C=CC(=N/C=C\C)C(=O)N1CC(=O)C2[C@H]1CON2C(=O)[C@H](CC)NC(=O)c1ccccc1. The van der Waals surface area contributed by atoms with Gasteiger partial charge in [-0.1, -0.05) is 37.8 Å². The molecular formula is C23H26N4O5. The lowest BCUT2D eigenvalue weighted by Crippen LogP contribution is -2.52. The monoisotopic (exact) mass is 438 g/mol. The number of ketones is 1. The van der Waals surface area contributed by atoms with Crippen LogP contribution in [-0.4, -0.2) is 70.5 Å². The minimum Gasteiger partial charge on any atom is -0.340 e. The van der Waals surface area contributed by atoms with Gasteiger partial charge in [0.2, 0.25) is 0 Å². The highest BCUT2D eigenvalue weighted by Crippen LogP contribution is 2.28. The summed E-state index contributed by atoms with van der Waals surface area (Å²) in [6.45, 7) is 6.96. The van der Waals surface area contributed by atoms with Crippen LogP contribution in [0.4, 0.5) is 0 Å². The van der Waals surface area contributed by atoms with E-state index in [1.807, 2.05) is 0 Å². The van der Waals surface area contributed by atoms with Crippen molar-refractivity contribution in [3.63, 3.8) is 0 Å². The summed E-state index contributed by atoms with van der Waals surface area (Å²) in [6.07, 6.45) is 4.77. The summed E-state index contributed by atoms with van der Waals surface area (Å²) in [5.41, 5.74) is 0.521. The van der Waals surface area contributed by atoms with Crippen LogP contribution >= 0.6 is 0 Å². The topological polar surface area (TPSA) is 108 Å². The predicted octanol–water partition coefficient (Wildman–Crippen LogP) is 1.28. The first kappa shape index (κ1) is 23.1. The zero-order valence-electron chi connectivity index (χ0n) is 18.1. The molecule has 2 saturated heterocycles. The van der Waals surface area contributed by atoms with Gasteiger partial charge in [0.05, 0.1) is 19.2 Å². The van der Waals surface area contributed by atoms with Gasteiger partial charge in [-0.25, -0.2) is 5.06 Å². The second kappa shape index (κ2) is 10.1. The Hall–Kier alpha value is -3.59. The summed E-state index contributed by atoms with van der Waals surface area (Å²) in [7, 11) is 0. The van der Waals surface area contributed by atoms with Gasteiger partial charge in [-0.2, -0.15) is 0 Å². The summed E-state index contributed by atoms with van der Waals surface area (Å²) in [5, 5.41) is 3.71. The Kier molecular flexibility index (Phi) is 7.32. The van der Waals surface area contributed by atoms with E-state index in [0.717, 1.165) is 5.06 Å². The third-order valence-electron chi connectivity index (χ3n) is 5.36. The van der Waals surface area contributed by atoms with E-state index in [0.29, 0.717) is 12.0 Å². The largest absolute Gasteiger partial charge is 0.340 e. The Morgan fingerprint density at radius 3 is 2.66 bits per heavy atom. The zero-order valence-corrected chi connectivity index (χ0v) is 18.1. The average molecular weight is 438 g/mol. The van der Waals surface area contributed by atoms with Crippen molar-refractivity contribution in [3.05, 3.63) is 60.8 Å². The lowest BCUT2D eigenvalue weighted by molar-refractivity contribution is -0.180. The van der Waals surface area contributed by atoms with Crippen molar-refractivity contribution >= 4 is 29.2 Å². The number of hydrogen-bond donors (Lipinski definition) is 1. The maximum atomic E-state index is 13.1. The van der Waals surface area contributed by atoms with E-state index < -0.39 is 35.8 Å². The van der Waals surface area contributed by atoms with Crippen LogP contribution in [0.25, 0.3) is 0 Å². The molecule has 32 heavy (non-hydrogen) atoms. The molecule has 2 aliphatic rings. The molecule has 3 rings (SSSR count). The molecule has 1 aromatic rings. The van der Waals surface area contributed by atoms with E-state index in [-0.39, 0.29) is 24.6 Å². The number of nitrogens with one attached hydrogen (secondary N) is 1. The van der Waals surface area contributed by atoms with Gasteiger partial charge in [0.25, 0.3) is 17.7 Å². The van der Waals surface area contributed by atoms with E-state index in [1.165, 1.54) is 17.2 Å². The fourth-order valence-corrected chi connectivity index (χ4v) is 3.71. The molecule has 0 radical (unpaired) electrons. The second-order valence-corrected chi connectivity index (χ2v) is 7.37. The summed E-state index contributed by atoms with van der Waals surface area (Å²) in [6, 6.07) is 6.10. The molecule has 3 atom stereocenters. The average Bonchev–Trinajstić information content (AvgIpc) is 3.39. The number of rotatable bonds is 7. The number of fused-ring (bicyclic) bond motifs is 1. The molecule has 0 spiro atoms. The number of carbonyl (C=O) groups is 4. The van der Waals surface area contributed by atoms with Crippen LogP contribution in [-0.2, 0) is 19.2 Å². The Morgan fingerprint density at radius 2 is 2.03 bits per heavy atom. The van der Waals surface area contributed by atoms with Crippen molar-refractivity contribution in [2.24, 2.45) is 4.99 Å². The molecule has 0 saturated carbocycles. The van der Waals surface area contributed by atoms with Gasteiger partial charge >= 0.3 is 0 Å².